The van der Waals surface area contributed by atoms with E-state index in [0.29, 0.717) is 11.9 Å². The number of aliphatic hydroxyl groups excluding tert-OH is 1. The molecule has 0 aliphatic carbocycles. The van der Waals surface area contributed by atoms with Gasteiger partial charge in [0.15, 0.2) is 0 Å². The summed E-state index contributed by atoms with van der Waals surface area (Å²) in [5.74, 6) is 0.711. The van der Waals surface area contributed by atoms with Crippen LogP contribution in [0.2, 0.25) is 0 Å². The molecule has 1 aliphatic heterocycles. The molecule has 0 spiro atoms. The van der Waals surface area contributed by atoms with Crippen LogP contribution in [0.5, 0.6) is 0 Å². The molecule has 6 nitrogen and oxygen atoms in total. The monoisotopic (exact) mass is 272 g/mol. The van der Waals surface area contributed by atoms with Crippen molar-refractivity contribution in [2.45, 2.75) is 25.5 Å². The summed E-state index contributed by atoms with van der Waals surface area (Å²) in [5.41, 5.74) is 2.76. The number of aromatic amines is 1. The lowest BCUT2D eigenvalue weighted by molar-refractivity contribution is 0.0687. The summed E-state index contributed by atoms with van der Waals surface area (Å²) in [6, 6.07) is 2.35. The van der Waals surface area contributed by atoms with E-state index in [-0.39, 0.29) is 6.61 Å². The number of hydrogen-bond donors (Lipinski definition) is 2. The number of ether oxygens (including phenoxy) is 1. The maximum atomic E-state index is 9.63. The minimum atomic E-state index is -0.0576. The molecule has 0 aromatic carbocycles. The van der Waals surface area contributed by atoms with E-state index in [1.165, 1.54) is 0 Å². The summed E-state index contributed by atoms with van der Waals surface area (Å²) in [6.07, 6.45) is 5.56. The van der Waals surface area contributed by atoms with E-state index in [4.69, 9.17) is 4.74 Å². The molecular weight excluding hydrogens is 256 g/mol. The lowest BCUT2D eigenvalue weighted by Gasteiger charge is -2.25. The van der Waals surface area contributed by atoms with Gasteiger partial charge in [-0.1, -0.05) is 0 Å². The highest BCUT2D eigenvalue weighted by Crippen LogP contribution is 2.31. The number of nitrogens with one attached hydrogen (secondary N) is 1. The highest BCUT2D eigenvalue weighted by atomic mass is 16.5. The van der Waals surface area contributed by atoms with Crippen LogP contribution in [-0.4, -0.2) is 37.8 Å². The fourth-order valence-corrected chi connectivity index (χ4v) is 3.09. The van der Waals surface area contributed by atoms with Crippen molar-refractivity contribution < 1.29 is 9.84 Å². The first kappa shape index (κ1) is 11.9. The largest absolute Gasteiger partial charge is 0.388 e. The minimum absolute atomic E-state index is 0.0576. The van der Waals surface area contributed by atoms with Crippen LogP contribution in [0, 0.1) is 0 Å². The van der Waals surface area contributed by atoms with Gasteiger partial charge in [0, 0.05) is 30.8 Å². The Morgan fingerprint density at radius 3 is 3.05 bits per heavy atom. The van der Waals surface area contributed by atoms with E-state index in [0.717, 1.165) is 48.1 Å². The second-order valence-corrected chi connectivity index (χ2v) is 5.13. The number of pyridine rings is 1. The van der Waals surface area contributed by atoms with Crippen molar-refractivity contribution in [2.75, 3.05) is 13.2 Å². The Kier molecular flexibility index (Phi) is 2.71. The summed E-state index contributed by atoms with van der Waals surface area (Å²) in [6.45, 7) is 1.46. The Hall–Kier alpha value is -1.92. The molecule has 0 unspecified atom stereocenters. The molecule has 0 bridgehead atoms. The van der Waals surface area contributed by atoms with Crippen molar-refractivity contribution in [1.82, 2.24) is 19.5 Å². The van der Waals surface area contributed by atoms with Crippen molar-refractivity contribution in [2.24, 2.45) is 0 Å². The minimum Gasteiger partial charge on any atom is -0.388 e. The molecule has 0 amide bonds. The number of aromatic nitrogens is 4. The molecule has 2 N–H and O–H groups in total. The van der Waals surface area contributed by atoms with Crippen molar-refractivity contribution in [1.29, 1.82) is 0 Å². The molecular formula is C14H16N4O2. The summed E-state index contributed by atoms with van der Waals surface area (Å²) in [7, 11) is 0. The third-order valence-corrected chi connectivity index (χ3v) is 4.00. The lowest BCUT2D eigenvalue weighted by atomic mass is 10.1. The zero-order valence-electron chi connectivity index (χ0n) is 11.0. The van der Waals surface area contributed by atoms with Crippen molar-refractivity contribution >= 4 is 22.1 Å². The predicted molar refractivity (Wildman–Crippen MR) is 74.4 cm³/mol. The average Bonchev–Trinajstić information content (AvgIpc) is 3.11. The van der Waals surface area contributed by atoms with Crippen LogP contribution in [0.15, 0.2) is 18.5 Å². The average molecular weight is 272 g/mol. The number of imidazole rings is 1. The Morgan fingerprint density at radius 1 is 1.40 bits per heavy atom. The molecule has 1 saturated heterocycles. The second kappa shape index (κ2) is 4.57. The van der Waals surface area contributed by atoms with Crippen LogP contribution >= 0.6 is 0 Å². The molecule has 0 radical (unpaired) electrons. The standard InChI is InChI=1S/C14H16N4O2/c19-8-12-17-11-7-16-14-10(1-4-15-14)13(11)18(12)9-2-5-20-6-3-9/h1,4,7,9,19H,2-3,5-6,8H2,(H,15,16). The zero-order valence-corrected chi connectivity index (χ0v) is 11.0. The summed E-state index contributed by atoms with van der Waals surface area (Å²) in [5, 5.41) is 10.7. The number of rotatable bonds is 2. The normalized spacial score (nSPS) is 17.2. The van der Waals surface area contributed by atoms with Crippen LogP contribution in [0.3, 0.4) is 0 Å². The third kappa shape index (κ3) is 1.65. The van der Waals surface area contributed by atoms with Crippen LogP contribution in [0.4, 0.5) is 0 Å². The second-order valence-electron chi connectivity index (χ2n) is 5.13. The van der Waals surface area contributed by atoms with Crippen LogP contribution in [0.25, 0.3) is 22.1 Å². The van der Waals surface area contributed by atoms with Gasteiger partial charge in [-0.25, -0.2) is 9.97 Å². The molecule has 0 saturated carbocycles. The van der Waals surface area contributed by atoms with Gasteiger partial charge in [-0.2, -0.15) is 0 Å². The van der Waals surface area contributed by atoms with Gasteiger partial charge >= 0.3 is 0 Å². The quantitative estimate of drug-likeness (QED) is 0.745. The molecule has 1 fully saturated rings. The maximum Gasteiger partial charge on any atom is 0.139 e. The molecule has 3 aromatic heterocycles. The highest BCUT2D eigenvalue weighted by Gasteiger charge is 2.23. The fourth-order valence-electron chi connectivity index (χ4n) is 3.09. The van der Waals surface area contributed by atoms with E-state index in [2.05, 4.69) is 19.5 Å². The summed E-state index contributed by atoms with van der Waals surface area (Å²) in [4.78, 5) is 12.0. The molecule has 3 aromatic rings. The Morgan fingerprint density at radius 2 is 2.25 bits per heavy atom. The number of H-pyrrole nitrogens is 1. The highest BCUT2D eigenvalue weighted by molar-refractivity contribution is 6.01. The van der Waals surface area contributed by atoms with Gasteiger partial charge in [-0.15, -0.1) is 0 Å². The topological polar surface area (TPSA) is 76.0 Å². The van der Waals surface area contributed by atoms with Gasteiger partial charge in [0.05, 0.1) is 11.7 Å². The van der Waals surface area contributed by atoms with Gasteiger partial charge in [0.1, 0.15) is 23.6 Å². The Bertz CT molecular complexity index is 755. The lowest BCUT2D eigenvalue weighted by Crippen LogP contribution is -2.21. The first-order valence-corrected chi connectivity index (χ1v) is 6.90. The smallest absolute Gasteiger partial charge is 0.139 e. The SMILES string of the molecule is OCc1nc2cnc3[nH]ccc3c2n1C1CCOCC1. The van der Waals surface area contributed by atoms with Crippen LogP contribution in [0.1, 0.15) is 24.7 Å². The first-order chi connectivity index (χ1) is 9.88. The summed E-state index contributed by atoms with van der Waals surface area (Å²) < 4.78 is 7.62. The number of nitrogens with zero attached hydrogens (tertiary/aromatic N) is 3. The van der Waals surface area contributed by atoms with Crippen molar-refractivity contribution in [3.8, 4) is 0 Å². The first-order valence-electron chi connectivity index (χ1n) is 6.90. The number of fused-ring (bicyclic) bond motifs is 3. The molecule has 4 rings (SSSR count). The van der Waals surface area contributed by atoms with Gasteiger partial charge in [0.2, 0.25) is 0 Å². The molecule has 4 heterocycles. The zero-order chi connectivity index (χ0) is 13.5. The van der Waals surface area contributed by atoms with Crippen molar-refractivity contribution in [3.05, 3.63) is 24.3 Å². The molecule has 6 heteroatoms. The number of aliphatic hydroxyl groups is 1. The van der Waals surface area contributed by atoms with Gasteiger partial charge in [0.25, 0.3) is 0 Å². The van der Waals surface area contributed by atoms with Gasteiger partial charge < -0.3 is 19.4 Å². The third-order valence-electron chi connectivity index (χ3n) is 4.00. The maximum absolute atomic E-state index is 9.63. The Balaban J connectivity index is 2.01. The van der Waals surface area contributed by atoms with Crippen LogP contribution in [-0.2, 0) is 11.3 Å². The van der Waals surface area contributed by atoms with E-state index in [1.54, 1.807) is 6.20 Å². The fraction of sp³-hybridized carbons (Fsp3) is 0.429. The van der Waals surface area contributed by atoms with E-state index in [9.17, 15) is 5.11 Å². The predicted octanol–water partition coefficient (Wildman–Crippen LogP) is 1.76. The summed E-state index contributed by atoms with van der Waals surface area (Å²) >= 11 is 0. The molecule has 104 valence electrons. The van der Waals surface area contributed by atoms with E-state index >= 15 is 0 Å². The van der Waals surface area contributed by atoms with Crippen LogP contribution < -0.4 is 0 Å². The molecule has 0 atom stereocenters. The van der Waals surface area contributed by atoms with Gasteiger partial charge in [-0.3, -0.25) is 0 Å². The van der Waals surface area contributed by atoms with E-state index < -0.39 is 0 Å². The van der Waals surface area contributed by atoms with Gasteiger partial charge in [-0.05, 0) is 18.9 Å². The molecule has 20 heavy (non-hydrogen) atoms. The number of hydrogen-bond acceptors (Lipinski definition) is 4. The van der Waals surface area contributed by atoms with Crippen molar-refractivity contribution in [3.63, 3.8) is 0 Å². The van der Waals surface area contributed by atoms with E-state index in [1.807, 2.05) is 12.3 Å². The Labute approximate surface area is 115 Å². The molecule has 1 aliphatic rings.